The predicted octanol–water partition coefficient (Wildman–Crippen LogP) is 4.15. The summed E-state index contributed by atoms with van der Waals surface area (Å²) in [7, 11) is 0. The van der Waals surface area contributed by atoms with Crippen molar-refractivity contribution < 1.29 is 14.7 Å². The maximum Gasteiger partial charge on any atom is 0.213 e. The highest BCUT2D eigenvalue weighted by Gasteiger charge is 2.28. The Kier molecular flexibility index (Phi) is 4.22. The standard InChI is InChI=1S/C21H15NO3S/c23-18-7-3-6-16-19(24)11-17(21(25)20(16)18)22-12-26-15-9-8-13-4-1-2-5-14(13)10-15/h1-11,22-23H,12H2. The summed E-state index contributed by atoms with van der Waals surface area (Å²) in [5, 5.41) is 15.3. The first kappa shape index (κ1) is 16.4. The SMILES string of the molecule is O=C1C=C(NCSc2ccc3ccccc3c2)C(=O)c2c(O)cccc21. The average Bonchev–Trinajstić information content (AvgIpc) is 2.65. The minimum absolute atomic E-state index is 0.0678. The molecule has 0 heterocycles. The van der Waals surface area contributed by atoms with Gasteiger partial charge in [-0.3, -0.25) is 9.59 Å². The first-order valence-electron chi connectivity index (χ1n) is 8.11. The molecule has 1 aliphatic carbocycles. The van der Waals surface area contributed by atoms with E-state index in [9.17, 15) is 14.7 Å². The maximum absolute atomic E-state index is 12.5. The Bertz CT molecular complexity index is 1070. The van der Waals surface area contributed by atoms with E-state index in [0.29, 0.717) is 5.88 Å². The highest BCUT2D eigenvalue weighted by Crippen LogP contribution is 2.28. The molecule has 0 amide bonds. The van der Waals surface area contributed by atoms with Gasteiger partial charge in [-0.1, -0.05) is 42.5 Å². The van der Waals surface area contributed by atoms with Gasteiger partial charge in [-0.25, -0.2) is 0 Å². The number of hydrogen-bond donors (Lipinski definition) is 2. The van der Waals surface area contributed by atoms with Crippen LogP contribution in [0.4, 0.5) is 0 Å². The molecule has 0 saturated heterocycles. The van der Waals surface area contributed by atoms with Crippen LogP contribution in [0.15, 0.2) is 77.3 Å². The molecular formula is C21H15NO3S. The molecule has 0 bridgehead atoms. The molecule has 1 aliphatic rings. The summed E-state index contributed by atoms with van der Waals surface area (Å²) in [4.78, 5) is 25.8. The van der Waals surface area contributed by atoms with Crippen LogP contribution in [0.5, 0.6) is 5.75 Å². The fourth-order valence-corrected chi connectivity index (χ4v) is 3.75. The van der Waals surface area contributed by atoms with Gasteiger partial charge in [0.15, 0.2) is 5.78 Å². The molecule has 5 heteroatoms. The van der Waals surface area contributed by atoms with Crippen molar-refractivity contribution >= 4 is 34.1 Å². The summed E-state index contributed by atoms with van der Waals surface area (Å²) in [6.45, 7) is 0. The van der Waals surface area contributed by atoms with Crippen molar-refractivity contribution in [1.29, 1.82) is 0 Å². The second-order valence-corrected chi connectivity index (χ2v) is 6.97. The molecule has 0 aliphatic heterocycles. The second-order valence-electron chi connectivity index (χ2n) is 5.93. The second kappa shape index (κ2) is 6.69. The van der Waals surface area contributed by atoms with E-state index in [2.05, 4.69) is 29.6 Å². The first-order chi connectivity index (χ1) is 12.6. The number of nitrogens with one attached hydrogen (secondary N) is 1. The summed E-state index contributed by atoms with van der Waals surface area (Å²) in [5.74, 6) is -0.382. The first-order valence-corrected chi connectivity index (χ1v) is 9.10. The molecule has 26 heavy (non-hydrogen) atoms. The van der Waals surface area contributed by atoms with Gasteiger partial charge >= 0.3 is 0 Å². The zero-order valence-electron chi connectivity index (χ0n) is 13.7. The molecule has 0 aromatic heterocycles. The van der Waals surface area contributed by atoms with Gasteiger partial charge in [-0.2, -0.15) is 0 Å². The van der Waals surface area contributed by atoms with Crippen LogP contribution >= 0.6 is 11.8 Å². The summed E-state index contributed by atoms with van der Waals surface area (Å²) >= 11 is 1.54. The number of carbonyl (C=O) groups excluding carboxylic acids is 2. The highest BCUT2D eigenvalue weighted by molar-refractivity contribution is 7.99. The van der Waals surface area contributed by atoms with Crippen molar-refractivity contribution in [2.75, 3.05) is 5.88 Å². The number of phenols is 1. The molecule has 128 valence electrons. The number of allylic oxidation sites excluding steroid dienone is 2. The lowest BCUT2D eigenvalue weighted by Crippen LogP contribution is -2.26. The average molecular weight is 361 g/mol. The molecular weight excluding hydrogens is 346 g/mol. The number of phenolic OH excluding ortho intramolecular Hbond substituents is 1. The smallest absolute Gasteiger partial charge is 0.213 e. The molecule has 3 aromatic carbocycles. The Balaban J connectivity index is 1.48. The molecule has 0 radical (unpaired) electrons. The molecule has 2 N–H and O–H groups in total. The lowest BCUT2D eigenvalue weighted by atomic mass is 9.92. The Morgan fingerprint density at radius 3 is 2.58 bits per heavy atom. The van der Waals surface area contributed by atoms with E-state index >= 15 is 0 Å². The van der Waals surface area contributed by atoms with E-state index in [1.54, 1.807) is 12.1 Å². The van der Waals surface area contributed by atoms with Gasteiger partial charge in [0.1, 0.15) is 5.75 Å². The summed E-state index contributed by atoms with van der Waals surface area (Å²) in [6.07, 6.45) is 1.30. The molecule has 0 saturated carbocycles. The quantitative estimate of drug-likeness (QED) is 0.540. The molecule has 0 unspecified atom stereocenters. The van der Waals surface area contributed by atoms with Crippen LogP contribution in [0.25, 0.3) is 10.8 Å². The number of carbonyl (C=O) groups is 2. The van der Waals surface area contributed by atoms with Gasteiger partial charge < -0.3 is 10.4 Å². The van der Waals surface area contributed by atoms with Crippen LogP contribution in [-0.4, -0.2) is 22.5 Å². The number of Topliss-reactive ketones (excluding diaryl/α,β-unsaturated/α-hetero) is 1. The summed E-state index contributed by atoms with van der Waals surface area (Å²) < 4.78 is 0. The van der Waals surface area contributed by atoms with Crippen molar-refractivity contribution in [3.8, 4) is 5.75 Å². The molecule has 0 spiro atoms. The van der Waals surface area contributed by atoms with Gasteiger partial charge in [0, 0.05) is 16.5 Å². The number of ketones is 2. The van der Waals surface area contributed by atoms with Crippen LogP contribution in [-0.2, 0) is 0 Å². The lowest BCUT2D eigenvalue weighted by Gasteiger charge is -2.17. The zero-order valence-corrected chi connectivity index (χ0v) is 14.5. The zero-order chi connectivity index (χ0) is 18.1. The van der Waals surface area contributed by atoms with E-state index in [0.717, 1.165) is 10.3 Å². The fourth-order valence-electron chi connectivity index (χ4n) is 2.98. The van der Waals surface area contributed by atoms with Gasteiger partial charge in [0.05, 0.1) is 17.1 Å². The van der Waals surface area contributed by atoms with Gasteiger partial charge in [-0.15, -0.1) is 11.8 Å². The Hall–Kier alpha value is -3.05. The van der Waals surface area contributed by atoms with Crippen LogP contribution in [0.1, 0.15) is 20.7 Å². The third-order valence-electron chi connectivity index (χ3n) is 4.28. The van der Waals surface area contributed by atoms with Crippen molar-refractivity contribution in [1.82, 2.24) is 5.32 Å². The molecule has 0 atom stereocenters. The van der Waals surface area contributed by atoms with Crippen LogP contribution in [0.3, 0.4) is 0 Å². The van der Waals surface area contributed by atoms with E-state index in [1.807, 2.05) is 18.2 Å². The van der Waals surface area contributed by atoms with E-state index in [-0.39, 0.29) is 34.1 Å². The van der Waals surface area contributed by atoms with Crippen LogP contribution in [0, 0.1) is 0 Å². The lowest BCUT2D eigenvalue weighted by molar-refractivity contribution is 0.0976. The molecule has 4 rings (SSSR count). The predicted molar refractivity (Wildman–Crippen MR) is 103 cm³/mol. The van der Waals surface area contributed by atoms with E-state index in [4.69, 9.17) is 0 Å². The van der Waals surface area contributed by atoms with Gasteiger partial charge in [-0.05, 0) is 29.0 Å². The van der Waals surface area contributed by atoms with Crippen molar-refractivity contribution in [2.45, 2.75) is 4.90 Å². The topological polar surface area (TPSA) is 66.4 Å². The minimum atomic E-state index is -0.364. The van der Waals surface area contributed by atoms with Gasteiger partial charge in [0.25, 0.3) is 0 Å². The third kappa shape index (κ3) is 2.97. The molecule has 0 fully saturated rings. The Morgan fingerprint density at radius 2 is 1.73 bits per heavy atom. The van der Waals surface area contributed by atoms with Crippen LogP contribution in [0.2, 0.25) is 0 Å². The largest absolute Gasteiger partial charge is 0.507 e. The molecule has 4 nitrogen and oxygen atoms in total. The third-order valence-corrected chi connectivity index (χ3v) is 5.15. The Labute approximate surface area is 154 Å². The van der Waals surface area contributed by atoms with Crippen molar-refractivity contribution in [3.63, 3.8) is 0 Å². The number of aromatic hydroxyl groups is 1. The minimum Gasteiger partial charge on any atom is -0.507 e. The van der Waals surface area contributed by atoms with Crippen molar-refractivity contribution in [3.05, 3.63) is 83.6 Å². The molecule has 3 aromatic rings. The van der Waals surface area contributed by atoms with Crippen LogP contribution < -0.4 is 5.32 Å². The number of hydrogen-bond acceptors (Lipinski definition) is 5. The number of thioether (sulfide) groups is 1. The number of benzene rings is 3. The normalized spacial score (nSPS) is 13.5. The Morgan fingerprint density at radius 1 is 0.923 bits per heavy atom. The highest BCUT2D eigenvalue weighted by atomic mass is 32.2. The fraction of sp³-hybridized carbons (Fsp3) is 0.0476. The monoisotopic (exact) mass is 361 g/mol. The summed E-state index contributed by atoms with van der Waals surface area (Å²) in [6, 6.07) is 18.8. The van der Waals surface area contributed by atoms with Gasteiger partial charge in [0.2, 0.25) is 5.78 Å². The number of rotatable bonds is 4. The summed E-state index contributed by atoms with van der Waals surface area (Å²) in [5.41, 5.74) is 0.512. The maximum atomic E-state index is 12.5. The number of fused-ring (bicyclic) bond motifs is 2. The van der Waals surface area contributed by atoms with E-state index in [1.165, 1.54) is 29.3 Å². The van der Waals surface area contributed by atoms with E-state index < -0.39 is 0 Å². The van der Waals surface area contributed by atoms with Crippen molar-refractivity contribution in [2.24, 2.45) is 0 Å².